The number of hydrogen-bond donors (Lipinski definition) is 1. The van der Waals surface area contributed by atoms with Crippen LogP contribution in [0.3, 0.4) is 0 Å². The molecule has 0 aliphatic carbocycles. The first-order chi connectivity index (χ1) is 6.63. The van der Waals surface area contributed by atoms with Gasteiger partial charge in [-0.1, -0.05) is 24.3 Å². The van der Waals surface area contributed by atoms with E-state index in [0.717, 1.165) is 11.1 Å². The molecule has 1 aromatic rings. The summed E-state index contributed by atoms with van der Waals surface area (Å²) in [4.78, 5) is 10.7. The van der Waals surface area contributed by atoms with E-state index in [-0.39, 0.29) is 18.7 Å². The molecular formula is C11H14O3. The Bertz CT molecular complexity index is 303. The molecule has 1 N–H and O–H groups in total. The van der Waals surface area contributed by atoms with E-state index in [0.29, 0.717) is 0 Å². The van der Waals surface area contributed by atoms with Crippen molar-refractivity contribution in [2.24, 2.45) is 0 Å². The third-order valence-corrected chi connectivity index (χ3v) is 1.97. The fourth-order valence-corrected chi connectivity index (χ4v) is 1.21. The molecule has 0 spiro atoms. The highest BCUT2D eigenvalue weighted by atomic mass is 16.5. The van der Waals surface area contributed by atoms with Crippen molar-refractivity contribution in [1.82, 2.24) is 0 Å². The van der Waals surface area contributed by atoms with Crippen LogP contribution in [0, 0.1) is 0 Å². The molecule has 0 aliphatic heterocycles. The van der Waals surface area contributed by atoms with Crippen LogP contribution in [0.2, 0.25) is 0 Å². The molecule has 1 unspecified atom stereocenters. The quantitative estimate of drug-likeness (QED) is 0.746. The van der Waals surface area contributed by atoms with Gasteiger partial charge in [0.25, 0.3) is 0 Å². The molecule has 0 aliphatic rings. The predicted molar refractivity (Wildman–Crippen MR) is 52.5 cm³/mol. The Morgan fingerprint density at radius 1 is 1.43 bits per heavy atom. The maximum absolute atomic E-state index is 10.7. The van der Waals surface area contributed by atoms with E-state index in [1.54, 1.807) is 0 Å². The lowest BCUT2D eigenvalue weighted by atomic mass is 10.1. The first-order valence-electron chi connectivity index (χ1n) is 4.50. The first-order valence-corrected chi connectivity index (χ1v) is 4.50. The van der Waals surface area contributed by atoms with Gasteiger partial charge in [0.2, 0.25) is 0 Å². The van der Waals surface area contributed by atoms with E-state index >= 15 is 0 Å². The predicted octanol–water partition coefficient (Wildman–Crippen LogP) is 1.80. The second-order valence-electron chi connectivity index (χ2n) is 3.15. The van der Waals surface area contributed by atoms with Gasteiger partial charge in [0.1, 0.15) is 6.10 Å². The van der Waals surface area contributed by atoms with Gasteiger partial charge < -0.3 is 9.84 Å². The lowest BCUT2D eigenvalue weighted by molar-refractivity contribution is -0.145. The minimum Gasteiger partial charge on any atom is -0.458 e. The number of aliphatic hydroxyl groups excluding tert-OH is 1. The van der Waals surface area contributed by atoms with Gasteiger partial charge in [-0.15, -0.1) is 0 Å². The number of rotatable bonds is 3. The van der Waals surface area contributed by atoms with Crippen LogP contribution >= 0.6 is 0 Å². The van der Waals surface area contributed by atoms with Crippen LogP contribution in [0.15, 0.2) is 24.3 Å². The van der Waals surface area contributed by atoms with E-state index in [1.165, 1.54) is 6.92 Å². The summed E-state index contributed by atoms with van der Waals surface area (Å²) in [5.74, 6) is -0.288. The van der Waals surface area contributed by atoms with Gasteiger partial charge >= 0.3 is 5.97 Å². The summed E-state index contributed by atoms with van der Waals surface area (Å²) in [6.45, 7) is 3.23. The zero-order valence-corrected chi connectivity index (χ0v) is 8.36. The summed E-state index contributed by atoms with van der Waals surface area (Å²) in [6, 6.07) is 7.32. The van der Waals surface area contributed by atoms with Crippen LogP contribution in [-0.4, -0.2) is 11.1 Å². The second kappa shape index (κ2) is 4.77. The summed E-state index contributed by atoms with van der Waals surface area (Å²) in [5, 5.41) is 8.83. The molecule has 1 aromatic carbocycles. The van der Waals surface area contributed by atoms with E-state index in [9.17, 15) is 4.79 Å². The van der Waals surface area contributed by atoms with Gasteiger partial charge in [0.05, 0.1) is 6.61 Å². The molecule has 0 bridgehead atoms. The molecule has 14 heavy (non-hydrogen) atoms. The molecule has 3 nitrogen and oxygen atoms in total. The Morgan fingerprint density at radius 2 is 2.00 bits per heavy atom. The number of ether oxygens (including phenoxy) is 1. The van der Waals surface area contributed by atoms with Gasteiger partial charge in [-0.05, 0) is 18.1 Å². The third-order valence-electron chi connectivity index (χ3n) is 1.97. The fraction of sp³-hybridized carbons (Fsp3) is 0.364. The van der Waals surface area contributed by atoms with E-state index in [4.69, 9.17) is 9.84 Å². The Hall–Kier alpha value is -1.35. The number of esters is 1. The van der Waals surface area contributed by atoms with Crippen LogP contribution < -0.4 is 0 Å². The van der Waals surface area contributed by atoms with Crippen LogP contribution in [-0.2, 0) is 16.1 Å². The van der Waals surface area contributed by atoms with Crippen molar-refractivity contribution in [1.29, 1.82) is 0 Å². The molecule has 0 amide bonds. The number of benzene rings is 1. The Morgan fingerprint density at radius 3 is 2.43 bits per heavy atom. The van der Waals surface area contributed by atoms with E-state index < -0.39 is 0 Å². The highest BCUT2D eigenvalue weighted by Gasteiger charge is 2.07. The van der Waals surface area contributed by atoms with Gasteiger partial charge in [-0.25, -0.2) is 0 Å². The van der Waals surface area contributed by atoms with Gasteiger partial charge in [-0.3, -0.25) is 4.79 Å². The minimum atomic E-state index is -0.288. The van der Waals surface area contributed by atoms with Crippen molar-refractivity contribution in [2.75, 3.05) is 0 Å². The summed E-state index contributed by atoms with van der Waals surface area (Å²) >= 11 is 0. The van der Waals surface area contributed by atoms with E-state index in [2.05, 4.69) is 0 Å². The number of aliphatic hydroxyl groups is 1. The molecule has 1 rings (SSSR count). The van der Waals surface area contributed by atoms with Crippen LogP contribution in [0.25, 0.3) is 0 Å². The molecule has 0 heterocycles. The molecule has 76 valence electrons. The van der Waals surface area contributed by atoms with Crippen LogP contribution in [0.5, 0.6) is 0 Å². The van der Waals surface area contributed by atoms with E-state index in [1.807, 2.05) is 31.2 Å². The Labute approximate surface area is 83.3 Å². The SMILES string of the molecule is CC(=O)OC(C)c1ccc(CO)cc1. The van der Waals surface area contributed by atoms with Crippen LogP contribution in [0.4, 0.5) is 0 Å². The normalized spacial score (nSPS) is 12.2. The van der Waals surface area contributed by atoms with Crippen molar-refractivity contribution >= 4 is 5.97 Å². The first kappa shape index (κ1) is 10.7. The second-order valence-corrected chi connectivity index (χ2v) is 3.15. The van der Waals surface area contributed by atoms with Crippen molar-refractivity contribution < 1.29 is 14.6 Å². The molecule has 0 aromatic heterocycles. The molecule has 3 heteroatoms. The molecule has 1 atom stereocenters. The summed E-state index contributed by atoms with van der Waals surface area (Å²) in [5.41, 5.74) is 1.78. The van der Waals surface area contributed by atoms with Gasteiger partial charge in [-0.2, -0.15) is 0 Å². The lowest BCUT2D eigenvalue weighted by Gasteiger charge is -2.12. The number of carbonyl (C=O) groups excluding carboxylic acids is 1. The number of hydrogen-bond acceptors (Lipinski definition) is 3. The Balaban J connectivity index is 2.71. The van der Waals surface area contributed by atoms with Gasteiger partial charge in [0.15, 0.2) is 0 Å². The standard InChI is InChI=1S/C11H14O3/c1-8(14-9(2)13)11-5-3-10(7-12)4-6-11/h3-6,8,12H,7H2,1-2H3. The van der Waals surface area contributed by atoms with Crippen molar-refractivity contribution in [2.45, 2.75) is 26.6 Å². The highest BCUT2D eigenvalue weighted by molar-refractivity contribution is 5.66. The number of carbonyl (C=O) groups is 1. The molecular weight excluding hydrogens is 180 g/mol. The zero-order valence-electron chi connectivity index (χ0n) is 8.36. The third kappa shape index (κ3) is 2.85. The monoisotopic (exact) mass is 194 g/mol. The fourth-order valence-electron chi connectivity index (χ4n) is 1.21. The average Bonchev–Trinajstić information content (AvgIpc) is 2.17. The molecule has 0 fully saturated rings. The maximum atomic E-state index is 10.7. The summed E-state index contributed by atoms with van der Waals surface area (Å²) < 4.78 is 5.01. The highest BCUT2D eigenvalue weighted by Crippen LogP contribution is 2.17. The minimum absolute atomic E-state index is 0.0300. The summed E-state index contributed by atoms with van der Waals surface area (Å²) in [6.07, 6.45) is -0.236. The average molecular weight is 194 g/mol. The Kier molecular flexibility index (Phi) is 3.65. The molecule has 0 saturated heterocycles. The van der Waals surface area contributed by atoms with Gasteiger partial charge in [0, 0.05) is 6.92 Å². The largest absolute Gasteiger partial charge is 0.458 e. The summed E-state index contributed by atoms with van der Waals surface area (Å²) in [7, 11) is 0. The maximum Gasteiger partial charge on any atom is 0.303 e. The lowest BCUT2D eigenvalue weighted by Crippen LogP contribution is -2.04. The molecule has 0 saturated carbocycles. The molecule has 0 radical (unpaired) electrons. The van der Waals surface area contributed by atoms with Crippen molar-refractivity contribution in [3.05, 3.63) is 35.4 Å². The van der Waals surface area contributed by atoms with Crippen molar-refractivity contribution in [3.63, 3.8) is 0 Å². The van der Waals surface area contributed by atoms with Crippen molar-refractivity contribution in [3.8, 4) is 0 Å². The van der Waals surface area contributed by atoms with Crippen LogP contribution in [0.1, 0.15) is 31.1 Å². The topological polar surface area (TPSA) is 46.5 Å². The zero-order chi connectivity index (χ0) is 10.6. The smallest absolute Gasteiger partial charge is 0.303 e.